The number of hydrogen-bond donors (Lipinski definition) is 2. The highest BCUT2D eigenvalue weighted by molar-refractivity contribution is 5.92. The molecule has 1 aromatic carbocycles. The Kier molecular flexibility index (Phi) is 5.26. The topological polar surface area (TPSA) is 95.0 Å². The molecule has 0 radical (unpaired) electrons. The smallest absolute Gasteiger partial charge is 0.248 e. The molecule has 0 unspecified atom stereocenters. The summed E-state index contributed by atoms with van der Waals surface area (Å²) < 4.78 is 0. The summed E-state index contributed by atoms with van der Waals surface area (Å²) in [5.74, 6) is 0.786. The molecule has 0 aliphatic carbocycles. The van der Waals surface area contributed by atoms with Crippen LogP contribution in [0.3, 0.4) is 0 Å². The first kappa shape index (κ1) is 16.9. The molecule has 2 aromatic rings. The SMILES string of the molecule is N#Cc1cccnc1NC[C@H]1CCN(Cc2ccc(C(N)=O)cc2)C1. The van der Waals surface area contributed by atoms with Crippen LogP contribution in [0.5, 0.6) is 0 Å². The summed E-state index contributed by atoms with van der Waals surface area (Å²) in [7, 11) is 0. The Hall–Kier alpha value is -2.91. The largest absolute Gasteiger partial charge is 0.369 e. The lowest BCUT2D eigenvalue weighted by Gasteiger charge is -2.17. The van der Waals surface area contributed by atoms with Gasteiger partial charge in [0.2, 0.25) is 5.91 Å². The highest BCUT2D eigenvalue weighted by atomic mass is 16.1. The summed E-state index contributed by atoms with van der Waals surface area (Å²) in [5.41, 5.74) is 7.56. The maximum absolute atomic E-state index is 11.1. The lowest BCUT2D eigenvalue weighted by atomic mass is 10.1. The first-order chi connectivity index (χ1) is 12.2. The Morgan fingerprint density at radius 2 is 2.16 bits per heavy atom. The van der Waals surface area contributed by atoms with Gasteiger partial charge in [-0.05, 0) is 48.7 Å². The molecule has 1 saturated heterocycles. The van der Waals surface area contributed by atoms with Crippen LogP contribution in [0.1, 0.15) is 27.9 Å². The molecule has 25 heavy (non-hydrogen) atoms. The molecule has 128 valence electrons. The van der Waals surface area contributed by atoms with Gasteiger partial charge in [0.15, 0.2) is 0 Å². The Morgan fingerprint density at radius 1 is 1.36 bits per heavy atom. The van der Waals surface area contributed by atoms with Crippen LogP contribution < -0.4 is 11.1 Å². The van der Waals surface area contributed by atoms with Gasteiger partial charge in [0, 0.05) is 31.4 Å². The van der Waals surface area contributed by atoms with Gasteiger partial charge in [-0.3, -0.25) is 9.69 Å². The van der Waals surface area contributed by atoms with Crippen LogP contribution in [-0.2, 0) is 6.54 Å². The molecule has 3 rings (SSSR count). The van der Waals surface area contributed by atoms with E-state index in [1.807, 2.05) is 12.1 Å². The van der Waals surface area contributed by atoms with Gasteiger partial charge in [0.05, 0.1) is 5.56 Å². The molecule has 1 aliphatic rings. The van der Waals surface area contributed by atoms with E-state index in [9.17, 15) is 4.79 Å². The second-order valence-corrected chi connectivity index (χ2v) is 6.34. The number of nitrogens with two attached hydrogens (primary N) is 1. The lowest BCUT2D eigenvalue weighted by molar-refractivity contribution is 0.100. The van der Waals surface area contributed by atoms with Crippen molar-refractivity contribution < 1.29 is 4.79 Å². The number of hydrogen-bond acceptors (Lipinski definition) is 5. The molecule has 1 aromatic heterocycles. The molecule has 0 saturated carbocycles. The molecular weight excluding hydrogens is 314 g/mol. The molecule has 6 heteroatoms. The lowest BCUT2D eigenvalue weighted by Crippen LogP contribution is -2.23. The van der Waals surface area contributed by atoms with E-state index in [0.717, 1.165) is 32.6 Å². The maximum atomic E-state index is 11.1. The average Bonchev–Trinajstić information content (AvgIpc) is 3.08. The van der Waals surface area contributed by atoms with Crippen molar-refractivity contribution in [1.29, 1.82) is 5.26 Å². The Bertz CT molecular complexity index is 781. The summed E-state index contributed by atoms with van der Waals surface area (Å²) in [6.45, 7) is 3.71. The quantitative estimate of drug-likeness (QED) is 0.842. The number of primary amides is 1. The van der Waals surface area contributed by atoms with Crippen molar-refractivity contribution in [2.45, 2.75) is 13.0 Å². The van der Waals surface area contributed by atoms with Crippen LogP contribution in [0, 0.1) is 17.2 Å². The summed E-state index contributed by atoms with van der Waals surface area (Å²) in [6, 6.07) is 13.2. The van der Waals surface area contributed by atoms with Crippen molar-refractivity contribution in [3.8, 4) is 6.07 Å². The van der Waals surface area contributed by atoms with E-state index in [2.05, 4.69) is 21.3 Å². The van der Waals surface area contributed by atoms with E-state index in [-0.39, 0.29) is 0 Å². The minimum atomic E-state index is -0.398. The molecule has 6 nitrogen and oxygen atoms in total. The van der Waals surface area contributed by atoms with Gasteiger partial charge in [0.1, 0.15) is 11.9 Å². The van der Waals surface area contributed by atoms with Crippen molar-refractivity contribution in [2.24, 2.45) is 11.7 Å². The van der Waals surface area contributed by atoms with Crippen molar-refractivity contribution in [1.82, 2.24) is 9.88 Å². The Labute approximate surface area is 147 Å². The highest BCUT2D eigenvalue weighted by Crippen LogP contribution is 2.20. The van der Waals surface area contributed by atoms with Gasteiger partial charge in [-0.2, -0.15) is 5.26 Å². The van der Waals surface area contributed by atoms with Crippen molar-refractivity contribution in [2.75, 3.05) is 25.0 Å². The zero-order chi connectivity index (χ0) is 17.6. The number of rotatable bonds is 6. The molecule has 1 amide bonds. The summed E-state index contributed by atoms with van der Waals surface area (Å²) in [6.07, 6.45) is 2.81. The van der Waals surface area contributed by atoms with Crippen LogP contribution in [0.15, 0.2) is 42.6 Å². The number of carbonyl (C=O) groups excluding carboxylic acids is 1. The van der Waals surface area contributed by atoms with Crippen molar-refractivity contribution in [3.05, 3.63) is 59.3 Å². The summed E-state index contributed by atoms with van der Waals surface area (Å²) >= 11 is 0. The standard InChI is InChI=1S/C19H21N5O/c20-10-17-2-1-8-22-19(17)23-11-15-7-9-24(13-15)12-14-3-5-16(6-4-14)18(21)25/h1-6,8,15H,7,9,11-13H2,(H2,21,25)(H,22,23)/t15-/m1/s1. The van der Waals surface area contributed by atoms with Crippen LogP contribution in [0.4, 0.5) is 5.82 Å². The van der Waals surface area contributed by atoms with Gasteiger partial charge >= 0.3 is 0 Å². The fourth-order valence-corrected chi connectivity index (χ4v) is 3.13. The normalized spacial score (nSPS) is 17.2. The fourth-order valence-electron chi connectivity index (χ4n) is 3.13. The first-order valence-electron chi connectivity index (χ1n) is 8.36. The van der Waals surface area contributed by atoms with E-state index in [4.69, 9.17) is 11.0 Å². The Balaban J connectivity index is 1.50. The van der Waals surface area contributed by atoms with Crippen LogP contribution in [0.25, 0.3) is 0 Å². The minimum absolute atomic E-state index is 0.398. The number of aromatic nitrogens is 1. The molecule has 1 atom stereocenters. The number of nitrogens with zero attached hydrogens (tertiary/aromatic N) is 3. The van der Waals surface area contributed by atoms with Gasteiger partial charge < -0.3 is 11.1 Å². The number of benzene rings is 1. The van der Waals surface area contributed by atoms with Gasteiger partial charge in [0.25, 0.3) is 0 Å². The zero-order valence-electron chi connectivity index (χ0n) is 14.0. The van der Waals surface area contributed by atoms with Crippen LogP contribution in [0.2, 0.25) is 0 Å². The molecule has 3 N–H and O–H groups in total. The van der Waals surface area contributed by atoms with E-state index < -0.39 is 5.91 Å². The van der Waals surface area contributed by atoms with Crippen molar-refractivity contribution >= 4 is 11.7 Å². The zero-order valence-corrected chi connectivity index (χ0v) is 14.0. The number of nitrogens with one attached hydrogen (secondary N) is 1. The molecule has 0 spiro atoms. The van der Waals surface area contributed by atoms with E-state index in [0.29, 0.717) is 22.9 Å². The summed E-state index contributed by atoms with van der Waals surface area (Å²) in [4.78, 5) is 17.7. The van der Waals surface area contributed by atoms with Gasteiger partial charge in [-0.1, -0.05) is 12.1 Å². The number of pyridine rings is 1. The number of anilines is 1. The molecule has 0 bridgehead atoms. The fraction of sp³-hybridized carbons (Fsp3) is 0.316. The summed E-state index contributed by atoms with van der Waals surface area (Å²) in [5, 5.41) is 12.4. The van der Waals surface area contributed by atoms with E-state index in [1.165, 1.54) is 5.56 Å². The monoisotopic (exact) mass is 335 g/mol. The maximum Gasteiger partial charge on any atom is 0.248 e. The Morgan fingerprint density at radius 3 is 2.88 bits per heavy atom. The van der Waals surface area contributed by atoms with Crippen LogP contribution >= 0.6 is 0 Å². The van der Waals surface area contributed by atoms with Gasteiger partial charge in [-0.15, -0.1) is 0 Å². The molecular formula is C19H21N5O. The van der Waals surface area contributed by atoms with E-state index in [1.54, 1.807) is 30.5 Å². The molecule has 1 aliphatic heterocycles. The van der Waals surface area contributed by atoms with Gasteiger partial charge in [-0.25, -0.2) is 4.98 Å². The number of amides is 1. The third-order valence-electron chi connectivity index (χ3n) is 4.50. The molecule has 2 heterocycles. The second kappa shape index (κ2) is 7.77. The minimum Gasteiger partial charge on any atom is -0.369 e. The molecule has 1 fully saturated rings. The predicted octanol–water partition coefficient (Wildman–Crippen LogP) is 1.99. The number of nitriles is 1. The highest BCUT2D eigenvalue weighted by Gasteiger charge is 2.22. The van der Waals surface area contributed by atoms with E-state index >= 15 is 0 Å². The van der Waals surface area contributed by atoms with Crippen LogP contribution in [-0.4, -0.2) is 35.4 Å². The van der Waals surface area contributed by atoms with Crippen molar-refractivity contribution in [3.63, 3.8) is 0 Å². The third-order valence-corrected chi connectivity index (χ3v) is 4.50. The second-order valence-electron chi connectivity index (χ2n) is 6.34. The number of likely N-dealkylation sites (tertiary alicyclic amines) is 1. The third kappa shape index (κ3) is 4.34. The first-order valence-corrected chi connectivity index (χ1v) is 8.36. The number of carbonyl (C=O) groups is 1. The average molecular weight is 335 g/mol. The predicted molar refractivity (Wildman–Crippen MR) is 95.8 cm³/mol.